The molecular formula is C12H12FN3O3S2. The van der Waals surface area contributed by atoms with Crippen molar-refractivity contribution in [3.8, 4) is 10.6 Å². The average molecular weight is 329 g/mol. The zero-order chi connectivity index (χ0) is 15.2. The summed E-state index contributed by atoms with van der Waals surface area (Å²) in [6, 6.07) is 3.81. The molecule has 2 aromatic heterocycles. The maximum absolute atomic E-state index is 13.1. The Balaban J connectivity index is 1.94. The van der Waals surface area contributed by atoms with Gasteiger partial charge in [-0.3, -0.25) is 14.8 Å². The van der Waals surface area contributed by atoms with Gasteiger partial charge in [0.05, 0.1) is 10.6 Å². The predicted octanol–water partition coefficient (Wildman–Crippen LogP) is 1.85. The maximum Gasteiger partial charge on any atom is 0.307 e. The molecule has 0 aromatic carbocycles. The Bertz CT molecular complexity index is 783. The molecule has 0 aliphatic carbocycles. The summed E-state index contributed by atoms with van der Waals surface area (Å²) < 4.78 is 35.0. The minimum absolute atomic E-state index is 0.201. The van der Waals surface area contributed by atoms with E-state index in [0.29, 0.717) is 5.82 Å². The van der Waals surface area contributed by atoms with Crippen LogP contribution in [0.2, 0.25) is 0 Å². The van der Waals surface area contributed by atoms with Crippen LogP contribution in [0.4, 0.5) is 9.70 Å². The minimum Gasteiger partial charge on any atom is -0.294 e. The number of aromatic nitrogens is 2. The van der Waals surface area contributed by atoms with Crippen LogP contribution in [0.1, 0.15) is 12.0 Å². The van der Waals surface area contributed by atoms with E-state index in [-0.39, 0.29) is 13.0 Å². The monoisotopic (exact) mass is 329 g/mol. The number of carbonyl (C=O) groups is 1. The molecule has 1 saturated heterocycles. The highest BCUT2D eigenvalue weighted by molar-refractivity contribution is 7.87. The molecule has 1 fully saturated rings. The van der Waals surface area contributed by atoms with Crippen molar-refractivity contribution in [1.82, 2.24) is 10.2 Å². The average Bonchev–Trinajstić information content (AvgIpc) is 3.07. The van der Waals surface area contributed by atoms with Crippen LogP contribution >= 0.6 is 11.3 Å². The van der Waals surface area contributed by atoms with Gasteiger partial charge >= 0.3 is 10.2 Å². The van der Waals surface area contributed by atoms with Crippen LogP contribution < -0.4 is 4.90 Å². The number of rotatable bonds is 3. The summed E-state index contributed by atoms with van der Waals surface area (Å²) in [6.07, 6.45) is -0.348. The number of carbonyl (C=O) groups excluding carboxylic acids is 1. The predicted molar refractivity (Wildman–Crippen MR) is 77.4 cm³/mol. The smallest absolute Gasteiger partial charge is 0.294 e. The second kappa shape index (κ2) is 4.92. The van der Waals surface area contributed by atoms with E-state index in [2.05, 4.69) is 10.2 Å². The minimum atomic E-state index is -4.72. The summed E-state index contributed by atoms with van der Waals surface area (Å²) in [5.41, 5.74) is 1.52. The van der Waals surface area contributed by atoms with E-state index < -0.39 is 21.4 Å². The Hall–Kier alpha value is -1.74. The molecule has 2 aromatic rings. The van der Waals surface area contributed by atoms with Gasteiger partial charge in [0.25, 0.3) is 0 Å². The van der Waals surface area contributed by atoms with Crippen LogP contribution in [-0.2, 0) is 15.0 Å². The third-order valence-corrected chi connectivity index (χ3v) is 5.49. The zero-order valence-corrected chi connectivity index (χ0v) is 12.7. The van der Waals surface area contributed by atoms with Gasteiger partial charge in [0.15, 0.2) is 5.82 Å². The Morgan fingerprint density at radius 3 is 2.86 bits per heavy atom. The number of nitrogens with zero attached hydrogens (tertiary/aromatic N) is 2. The van der Waals surface area contributed by atoms with Gasteiger partial charge in [-0.25, -0.2) is 0 Å². The molecule has 1 amide bonds. The molecule has 0 saturated carbocycles. The van der Waals surface area contributed by atoms with Crippen LogP contribution in [0.15, 0.2) is 17.5 Å². The summed E-state index contributed by atoms with van der Waals surface area (Å²) in [5, 5.41) is 7.55. The summed E-state index contributed by atoms with van der Waals surface area (Å²) in [4.78, 5) is 14.1. The molecule has 1 aliphatic heterocycles. The van der Waals surface area contributed by atoms with Gasteiger partial charge < -0.3 is 0 Å². The maximum atomic E-state index is 13.1. The molecule has 0 bridgehead atoms. The second-order valence-electron chi connectivity index (χ2n) is 4.83. The number of nitrogens with one attached hydrogen (secondary N) is 1. The van der Waals surface area contributed by atoms with Crippen molar-refractivity contribution in [2.45, 2.75) is 18.6 Å². The molecule has 3 rings (SSSR count). The van der Waals surface area contributed by atoms with Crippen molar-refractivity contribution in [3.63, 3.8) is 0 Å². The van der Waals surface area contributed by atoms with Crippen molar-refractivity contribution < 1.29 is 17.1 Å². The molecule has 0 spiro atoms. The molecule has 21 heavy (non-hydrogen) atoms. The lowest BCUT2D eigenvalue weighted by molar-refractivity contribution is -0.117. The first kappa shape index (κ1) is 14.2. The number of aromatic amines is 1. The first-order chi connectivity index (χ1) is 9.88. The fraction of sp³-hybridized carbons (Fsp3) is 0.333. The SMILES string of the molecule is Cc1c(N2CC(S(=O)(=O)F)CC2=O)n[nH]c1-c1cccs1. The van der Waals surface area contributed by atoms with Gasteiger partial charge in [-0.2, -0.15) is 13.5 Å². The van der Waals surface area contributed by atoms with Crippen molar-refractivity contribution in [1.29, 1.82) is 0 Å². The van der Waals surface area contributed by atoms with Crippen molar-refractivity contribution in [2.24, 2.45) is 0 Å². The van der Waals surface area contributed by atoms with Crippen LogP contribution in [0, 0.1) is 6.92 Å². The Labute approximate surface area is 124 Å². The molecule has 0 radical (unpaired) electrons. The molecule has 9 heteroatoms. The molecule has 1 N–H and O–H groups in total. The zero-order valence-electron chi connectivity index (χ0n) is 11.0. The molecule has 1 unspecified atom stereocenters. The van der Waals surface area contributed by atoms with Gasteiger partial charge in [0.2, 0.25) is 5.91 Å². The molecule has 1 atom stereocenters. The van der Waals surface area contributed by atoms with E-state index in [0.717, 1.165) is 16.1 Å². The fourth-order valence-corrected chi connectivity index (χ4v) is 3.83. The Kier molecular flexibility index (Phi) is 3.33. The Morgan fingerprint density at radius 2 is 2.29 bits per heavy atom. The van der Waals surface area contributed by atoms with Crippen LogP contribution in [0.5, 0.6) is 0 Å². The van der Waals surface area contributed by atoms with Gasteiger partial charge in [-0.1, -0.05) is 6.07 Å². The van der Waals surface area contributed by atoms with Crippen LogP contribution in [0.25, 0.3) is 10.6 Å². The lowest BCUT2D eigenvalue weighted by Crippen LogP contribution is -2.27. The van der Waals surface area contributed by atoms with Gasteiger partial charge in [0.1, 0.15) is 5.25 Å². The largest absolute Gasteiger partial charge is 0.307 e. The number of H-pyrrole nitrogens is 1. The molecule has 112 valence electrons. The van der Waals surface area contributed by atoms with Crippen molar-refractivity contribution >= 4 is 33.3 Å². The lowest BCUT2D eigenvalue weighted by atomic mass is 10.2. The van der Waals surface area contributed by atoms with E-state index in [4.69, 9.17) is 0 Å². The third kappa shape index (κ3) is 2.46. The number of hydrogen-bond donors (Lipinski definition) is 1. The topological polar surface area (TPSA) is 83.1 Å². The van der Waals surface area contributed by atoms with Crippen molar-refractivity contribution in [2.75, 3.05) is 11.4 Å². The summed E-state index contributed by atoms with van der Waals surface area (Å²) in [7, 11) is -4.72. The number of amides is 1. The van der Waals surface area contributed by atoms with E-state index in [1.54, 1.807) is 6.92 Å². The number of hydrogen-bond acceptors (Lipinski definition) is 5. The van der Waals surface area contributed by atoms with Crippen LogP contribution in [0.3, 0.4) is 0 Å². The Morgan fingerprint density at radius 1 is 1.52 bits per heavy atom. The van der Waals surface area contributed by atoms with Crippen molar-refractivity contribution in [3.05, 3.63) is 23.1 Å². The number of anilines is 1. The molecular weight excluding hydrogens is 317 g/mol. The van der Waals surface area contributed by atoms with Gasteiger partial charge in [-0.05, 0) is 18.4 Å². The van der Waals surface area contributed by atoms with Gasteiger partial charge in [0, 0.05) is 18.5 Å². The lowest BCUT2D eigenvalue weighted by Gasteiger charge is -2.13. The summed E-state index contributed by atoms with van der Waals surface area (Å²) in [6.45, 7) is 1.59. The first-order valence-corrected chi connectivity index (χ1v) is 8.53. The fourth-order valence-electron chi connectivity index (χ4n) is 2.38. The molecule has 3 heterocycles. The van der Waals surface area contributed by atoms with Crippen LogP contribution in [-0.4, -0.2) is 36.3 Å². The summed E-state index contributed by atoms with van der Waals surface area (Å²) in [5.74, 6) is -0.0805. The third-order valence-electron chi connectivity index (χ3n) is 3.49. The van der Waals surface area contributed by atoms with Gasteiger partial charge in [-0.15, -0.1) is 15.2 Å². The highest BCUT2D eigenvalue weighted by Crippen LogP contribution is 2.33. The number of halogens is 1. The molecule has 1 aliphatic rings. The highest BCUT2D eigenvalue weighted by atomic mass is 32.3. The standard InChI is InChI=1S/C12H12FN3O3S2/c1-7-11(9-3-2-4-20-9)14-15-12(7)16-6-8(5-10(16)17)21(13,18)19/h2-4,8H,5-6H2,1H3,(H,14,15). The summed E-state index contributed by atoms with van der Waals surface area (Å²) >= 11 is 1.52. The van der Waals surface area contributed by atoms with E-state index in [1.807, 2.05) is 17.5 Å². The van der Waals surface area contributed by atoms with E-state index in [1.165, 1.54) is 16.2 Å². The second-order valence-corrected chi connectivity index (χ2v) is 7.40. The number of thiophene rings is 1. The van der Waals surface area contributed by atoms with E-state index >= 15 is 0 Å². The normalized spacial score (nSPS) is 19.4. The quantitative estimate of drug-likeness (QED) is 0.871. The van der Waals surface area contributed by atoms with E-state index in [9.17, 15) is 17.1 Å². The molecule has 6 nitrogen and oxygen atoms in total. The first-order valence-electron chi connectivity index (χ1n) is 6.20. The highest BCUT2D eigenvalue weighted by Gasteiger charge is 2.40.